The van der Waals surface area contributed by atoms with Gasteiger partial charge in [-0.05, 0) is 75.7 Å². The molecule has 0 aliphatic heterocycles. The summed E-state index contributed by atoms with van der Waals surface area (Å²) in [4.78, 5) is 18.3. The molecular weight excluding hydrogens is 326 g/mol. The number of fused-ring (bicyclic) bond motifs is 3. The molecule has 5 nitrogen and oxygen atoms in total. The van der Waals surface area contributed by atoms with E-state index in [-0.39, 0.29) is 11.9 Å². The van der Waals surface area contributed by atoms with E-state index in [0.717, 1.165) is 24.1 Å². The molecule has 3 aromatic rings. The number of aromatic amines is 1. The molecule has 5 heteroatoms. The lowest BCUT2D eigenvalue weighted by Gasteiger charge is -2.22. The Hall–Kier alpha value is -2.53. The van der Waals surface area contributed by atoms with Crippen molar-refractivity contribution in [2.75, 3.05) is 20.6 Å². The van der Waals surface area contributed by atoms with Crippen molar-refractivity contribution in [3.8, 4) is 0 Å². The van der Waals surface area contributed by atoms with Gasteiger partial charge in [-0.3, -0.25) is 9.69 Å². The Morgan fingerprint density at radius 2 is 2.12 bits per heavy atom. The zero-order valence-electron chi connectivity index (χ0n) is 15.3. The summed E-state index contributed by atoms with van der Waals surface area (Å²) in [7, 11) is 3.97. The monoisotopic (exact) mass is 351 g/mol. The van der Waals surface area contributed by atoms with Crippen LogP contribution in [0.15, 0.2) is 41.0 Å². The molecule has 1 aliphatic carbocycles. The van der Waals surface area contributed by atoms with Crippen LogP contribution in [0, 0.1) is 0 Å². The maximum atomic E-state index is 12.7. The number of likely N-dealkylation sites (N-methyl/N-ethyl adjacent to an activating group) is 1. The van der Waals surface area contributed by atoms with Gasteiger partial charge in [0.25, 0.3) is 5.91 Å². The second kappa shape index (κ2) is 7.00. The molecule has 1 amide bonds. The number of carbonyl (C=O) groups is 1. The van der Waals surface area contributed by atoms with Crippen LogP contribution < -0.4 is 5.32 Å². The molecule has 136 valence electrons. The summed E-state index contributed by atoms with van der Waals surface area (Å²) in [5.74, 6) is 0.807. The lowest BCUT2D eigenvalue weighted by molar-refractivity contribution is 0.0939. The minimum Gasteiger partial charge on any atom is -0.468 e. The van der Waals surface area contributed by atoms with E-state index in [0.29, 0.717) is 12.1 Å². The molecule has 1 atom stereocenters. The third-order valence-corrected chi connectivity index (χ3v) is 5.31. The molecule has 0 saturated heterocycles. The molecule has 2 heterocycles. The van der Waals surface area contributed by atoms with Crippen LogP contribution in [0.3, 0.4) is 0 Å². The first-order valence-electron chi connectivity index (χ1n) is 9.25. The fraction of sp³-hybridized carbons (Fsp3) is 0.381. The number of carbonyl (C=O) groups excluding carboxylic acids is 1. The molecule has 1 aliphatic rings. The van der Waals surface area contributed by atoms with Crippen LogP contribution in [0.5, 0.6) is 0 Å². The summed E-state index contributed by atoms with van der Waals surface area (Å²) in [6.07, 6.45) is 6.34. The average molecular weight is 351 g/mol. The van der Waals surface area contributed by atoms with Crippen molar-refractivity contribution in [3.05, 3.63) is 59.2 Å². The van der Waals surface area contributed by atoms with Gasteiger partial charge in [0, 0.05) is 28.7 Å². The highest BCUT2D eigenvalue weighted by Gasteiger charge is 2.20. The quantitative estimate of drug-likeness (QED) is 0.737. The van der Waals surface area contributed by atoms with Crippen LogP contribution in [-0.2, 0) is 12.8 Å². The van der Waals surface area contributed by atoms with Crippen LogP contribution in [0.1, 0.15) is 46.3 Å². The standard InChI is InChI=1S/C21H25N3O2/c1-24(2)19(20-8-5-11-26-20)13-22-21(25)14-9-10-18-16(12-14)15-6-3-4-7-17(15)23-18/h5,8-12,19,23H,3-4,6-7,13H2,1-2H3,(H,22,25). The highest BCUT2D eigenvalue weighted by Crippen LogP contribution is 2.29. The first-order chi connectivity index (χ1) is 12.6. The number of aryl methyl sites for hydroxylation is 2. The van der Waals surface area contributed by atoms with Crippen molar-refractivity contribution in [2.45, 2.75) is 31.7 Å². The van der Waals surface area contributed by atoms with Crippen molar-refractivity contribution in [1.29, 1.82) is 0 Å². The number of nitrogens with one attached hydrogen (secondary N) is 2. The van der Waals surface area contributed by atoms with E-state index in [2.05, 4.69) is 10.3 Å². The molecule has 0 bridgehead atoms. The number of hydrogen-bond acceptors (Lipinski definition) is 3. The van der Waals surface area contributed by atoms with E-state index in [1.54, 1.807) is 6.26 Å². The maximum Gasteiger partial charge on any atom is 0.251 e. The second-order valence-electron chi connectivity index (χ2n) is 7.25. The Morgan fingerprint density at radius 3 is 2.88 bits per heavy atom. The van der Waals surface area contributed by atoms with Gasteiger partial charge in [0.1, 0.15) is 5.76 Å². The number of benzene rings is 1. The molecular formula is C21H25N3O2. The van der Waals surface area contributed by atoms with Crippen molar-refractivity contribution in [1.82, 2.24) is 15.2 Å². The third kappa shape index (κ3) is 3.15. The molecule has 0 radical (unpaired) electrons. The third-order valence-electron chi connectivity index (χ3n) is 5.31. The second-order valence-corrected chi connectivity index (χ2v) is 7.25. The van der Waals surface area contributed by atoms with Crippen LogP contribution in [0.2, 0.25) is 0 Å². The van der Waals surface area contributed by atoms with Crippen LogP contribution in [-0.4, -0.2) is 36.4 Å². The first-order valence-corrected chi connectivity index (χ1v) is 9.25. The number of nitrogens with zero attached hydrogens (tertiary/aromatic N) is 1. The molecule has 2 aromatic heterocycles. The predicted molar refractivity (Wildman–Crippen MR) is 102 cm³/mol. The Labute approximate surface area is 153 Å². The van der Waals surface area contributed by atoms with E-state index >= 15 is 0 Å². The first kappa shape index (κ1) is 16.9. The van der Waals surface area contributed by atoms with Gasteiger partial charge in [-0.2, -0.15) is 0 Å². The van der Waals surface area contributed by atoms with Gasteiger partial charge in [-0.25, -0.2) is 0 Å². The fourth-order valence-electron chi connectivity index (χ4n) is 3.86. The molecule has 1 aromatic carbocycles. The molecule has 26 heavy (non-hydrogen) atoms. The topological polar surface area (TPSA) is 61.3 Å². The smallest absolute Gasteiger partial charge is 0.251 e. The van der Waals surface area contributed by atoms with E-state index in [1.165, 1.54) is 29.5 Å². The molecule has 1 unspecified atom stereocenters. The average Bonchev–Trinajstić information content (AvgIpc) is 3.28. The summed E-state index contributed by atoms with van der Waals surface area (Å²) < 4.78 is 5.51. The zero-order chi connectivity index (χ0) is 18.1. The van der Waals surface area contributed by atoms with Crippen LogP contribution in [0.25, 0.3) is 10.9 Å². The van der Waals surface area contributed by atoms with Crippen LogP contribution >= 0.6 is 0 Å². The predicted octanol–water partition coefficient (Wildman–Crippen LogP) is 3.67. The largest absolute Gasteiger partial charge is 0.468 e. The normalized spacial score (nSPS) is 15.2. The van der Waals surface area contributed by atoms with Gasteiger partial charge in [0.2, 0.25) is 0 Å². The Bertz CT molecular complexity index is 909. The summed E-state index contributed by atoms with van der Waals surface area (Å²) in [6.45, 7) is 0.503. The fourth-order valence-corrected chi connectivity index (χ4v) is 3.86. The summed E-state index contributed by atoms with van der Waals surface area (Å²) in [5, 5.41) is 4.25. The summed E-state index contributed by atoms with van der Waals surface area (Å²) in [5.41, 5.74) is 4.58. The minimum absolute atomic E-state index is 0.0118. The Kier molecular flexibility index (Phi) is 4.55. The van der Waals surface area contributed by atoms with E-state index in [4.69, 9.17) is 4.42 Å². The van der Waals surface area contributed by atoms with E-state index in [1.807, 2.05) is 49.3 Å². The maximum absolute atomic E-state index is 12.7. The number of aromatic nitrogens is 1. The van der Waals surface area contributed by atoms with Crippen molar-refractivity contribution < 1.29 is 9.21 Å². The van der Waals surface area contributed by atoms with Gasteiger partial charge >= 0.3 is 0 Å². The Morgan fingerprint density at radius 1 is 1.27 bits per heavy atom. The number of amides is 1. The van der Waals surface area contributed by atoms with Gasteiger partial charge < -0.3 is 14.7 Å². The van der Waals surface area contributed by atoms with E-state index < -0.39 is 0 Å². The summed E-state index contributed by atoms with van der Waals surface area (Å²) in [6, 6.07) is 9.78. The number of hydrogen-bond donors (Lipinski definition) is 2. The zero-order valence-corrected chi connectivity index (χ0v) is 15.3. The lowest BCUT2D eigenvalue weighted by atomic mass is 9.95. The molecule has 0 fully saturated rings. The number of rotatable bonds is 5. The molecule has 2 N–H and O–H groups in total. The molecule has 0 spiro atoms. The molecule has 0 saturated carbocycles. The Balaban J connectivity index is 1.52. The SMILES string of the molecule is CN(C)C(CNC(=O)c1ccc2[nH]c3c(c2c1)CCCC3)c1ccco1. The van der Waals surface area contributed by atoms with Crippen molar-refractivity contribution in [3.63, 3.8) is 0 Å². The van der Waals surface area contributed by atoms with Crippen LogP contribution in [0.4, 0.5) is 0 Å². The van der Waals surface area contributed by atoms with Gasteiger partial charge in [0.05, 0.1) is 12.3 Å². The number of furan rings is 1. The summed E-state index contributed by atoms with van der Waals surface area (Å²) >= 11 is 0. The highest BCUT2D eigenvalue weighted by atomic mass is 16.3. The van der Waals surface area contributed by atoms with Gasteiger partial charge in [0.15, 0.2) is 0 Å². The van der Waals surface area contributed by atoms with Gasteiger partial charge in [-0.15, -0.1) is 0 Å². The highest BCUT2D eigenvalue weighted by molar-refractivity contribution is 5.99. The minimum atomic E-state index is -0.0453. The van der Waals surface area contributed by atoms with Crippen molar-refractivity contribution in [2.24, 2.45) is 0 Å². The molecule has 4 rings (SSSR count). The lowest BCUT2D eigenvalue weighted by Crippen LogP contribution is -2.34. The van der Waals surface area contributed by atoms with E-state index in [9.17, 15) is 4.79 Å². The van der Waals surface area contributed by atoms with Gasteiger partial charge in [-0.1, -0.05) is 0 Å². The van der Waals surface area contributed by atoms with Crippen molar-refractivity contribution >= 4 is 16.8 Å². The number of H-pyrrole nitrogens is 1.